The first-order chi connectivity index (χ1) is 13.1. The van der Waals surface area contributed by atoms with Gasteiger partial charge in [0.1, 0.15) is 0 Å². The maximum Gasteiger partial charge on any atom is 0.191 e. The summed E-state index contributed by atoms with van der Waals surface area (Å²) in [5.41, 5.74) is 2.13. The van der Waals surface area contributed by atoms with Gasteiger partial charge in [0.15, 0.2) is 17.5 Å². The van der Waals surface area contributed by atoms with E-state index in [1.807, 2.05) is 19.1 Å². The van der Waals surface area contributed by atoms with Crippen LogP contribution in [-0.4, -0.2) is 37.7 Å². The van der Waals surface area contributed by atoms with E-state index in [9.17, 15) is 0 Å². The second-order valence-corrected chi connectivity index (χ2v) is 8.00. The Labute approximate surface area is 192 Å². The molecule has 3 rings (SSSR count). The molecule has 0 amide bonds. The van der Waals surface area contributed by atoms with Gasteiger partial charge in [-0.05, 0) is 31.5 Å². The van der Waals surface area contributed by atoms with Gasteiger partial charge < -0.3 is 20.1 Å². The SMILES string of the molecule is CN=C(NCCc1nc(C)c(C)s1)NCc1cc(Cl)c2c(c1)OCCCO2.I. The van der Waals surface area contributed by atoms with E-state index in [1.54, 1.807) is 18.4 Å². The van der Waals surface area contributed by atoms with Crippen LogP contribution in [0.2, 0.25) is 5.02 Å². The maximum absolute atomic E-state index is 6.35. The molecule has 2 heterocycles. The lowest BCUT2D eigenvalue weighted by molar-refractivity contribution is 0.297. The highest BCUT2D eigenvalue weighted by Crippen LogP contribution is 2.37. The predicted octanol–water partition coefficient (Wildman–Crippen LogP) is 4.10. The van der Waals surface area contributed by atoms with Crippen LogP contribution >= 0.6 is 46.9 Å². The van der Waals surface area contributed by atoms with Gasteiger partial charge in [-0.2, -0.15) is 0 Å². The van der Waals surface area contributed by atoms with Crippen molar-refractivity contribution in [1.82, 2.24) is 15.6 Å². The smallest absolute Gasteiger partial charge is 0.191 e. The Morgan fingerprint density at radius 3 is 2.75 bits per heavy atom. The van der Waals surface area contributed by atoms with Gasteiger partial charge in [0, 0.05) is 37.9 Å². The highest BCUT2D eigenvalue weighted by Gasteiger charge is 2.15. The molecule has 9 heteroatoms. The molecule has 0 radical (unpaired) electrons. The van der Waals surface area contributed by atoms with E-state index in [0.29, 0.717) is 36.3 Å². The number of fused-ring (bicyclic) bond motifs is 1. The molecule has 0 atom stereocenters. The number of nitrogens with zero attached hydrogens (tertiary/aromatic N) is 2. The van der Waals surface area contributed by atoms with Crippen LogP contribution in [0.25, 0.3) is 0 Å². The summed E-state index contributed by atoms with van der Waals surface area (Å²) in [7, 11) is 1.76. The highest BCUT2D eigenvalue weighted by molar-refractivity contribution is 14.0. The molecule has 0 bridgehead atoms. The monoisotopic (exact) mass is 536 g/mol. The first-order valence-corrected chi connectivity index (χ1v) is 10.2. The van der Waals surface area contributed by atoms with Crippen LogP contribution < -0.4 is 20.1 Å². The number of guanidine groups is 1. The Morgan fingerprint density at radius 2 is 2.04 bits per heavy atom. The Hall–Kier alpha value is -1.26. The maximum atomic E-state index is 6.35. The lowest BCUT2D eigenvalue weighted by Crippen LogP contribution is -2.37. The van der Waals surface area contributed by atoms with Crippen molar-refractivity contribution in [2.45, 2.75) is 33.2 Å². The molecule has 154 valence electrons. The summed E-state index contributed by atoms with van der Waals surface area (Å²) < 4.78 is 11.4. The molecule has 1 aromatic carbocycles. The Bertz CT molecular complexity index is 809. The molecule has 6 nitrogen and oxygen atoms in total. The molecule has 0 saturated heterocycles. The average Bonchev–Trinajstić information content (AvgIpc) is 2.84. The van der Waals surface area contributed by atoms with Gasteiger partial charge in [-0.3, -0.25) is 4.99 Å². The third-order valence-electron chi connectivity index (χ3n) is 4.25. The first kappa shape index (κ1) is 23.0. The third kappa shape index (κ3) is 6.12. The average molecular weight is 537 g/mol. The van der Waals surface area contributed by atoms with Crippen molar-refractivity contribution in [2.24, 2.45) is 4.99 Å². The number of aliphatic imine (C=N–C) groups is 1. The Balaban J connectivity index is 0.00000280. The minimum atomic E-state index is 0. The molecule has 1 aliphatic rings. The van der Waals surface area contributed by atoms with Crippen molar-refractivity contribution in [2.75, 3.05) is 26.8 Å². The van der Waals surface area contributed by atoms with Gasteiger partial charge in [0.25, 0.3) is 0 Å². The van der Waals surface area contributed by atoms with E-state index in [2.05, 4.69) is 27.5 Å². The van der Waals surface area contributed by atoms with Gasteiger partial charge in [-0.15, -0.1) is 35.3 Å². The number of thiazole rings is 1. The van der Waals surface area contributed by atoms with Crippen molar-refractivity contribution >= 4 is 52.9 Å². The van der Waals surface area contributed by atoms with E-state index in [0.717, 1.165) is 41.6 Å². The topological polar surface area (TPSA) is 67.8 Å². The number of aryl methyl sites for hydroxylation is 2. The fraction of sp³-hybridized carbons (Fsp3) is 0.474. The minimum Gasteiger partial charge on any atom is -0.489 e. The van der Waals surface area contributed by atoms with Crippen LogP contribution in [0.3, 0.4) is 0 Å². The van der Waals surface area contributed by atoms with E-state index >= 15 is 0 Å². The first-order valence-electron chi connectivity index (χ1n) is 9.02. The second kappa shape index (κ2) is 11.1. The third-order valence-corrected chi connectivity index (χ3v) is 5.66. The molecular weight excluding hydrogens is 511 g/mol. The van der Waals surface area contributed by atoms with Crippen molar-refractivity contribution in [3.8, 4) is 11.5 Å². The molecule has 28 heavy (non-hydrogen) atoms. The van der Waals surface area contributed by atoms with E-state index < -0.39 is 0 Å². The van der Waals surface area contributed by atoms with Gasteiger partial charge in [0.2, 0.25) is 0 Å². The summed E-state index contributed by atoms with van der Waals surface area (Å²) in [4.78, 5) is 10.1. The van der Waals surface area contributed by atoms with Crippen molar-refractivity contribution < 1.29 is 9.47 Å². The summed E-state index contributed by atoms with van der Waals surface area (Å²) in [6.07, 6.45) is 1.73. The number of nitrogens with one attached hydrogen (secondary N) is 2. The molecule has 0 unspecified atom stereocenters. The minimum absolute atomic E-state index is 0. The number of halogens is 2. The number of benzene rings is 1. The summed E-state index contributed by atoms with van der Waals surface area (Å²) >= 11 is 8.10. The molecule has 1 aliphatic heterocycles. The van der Waals surface area contributed by atoms with Gasteiger partial charge >= 0.3 is 0 Å². The van der Waals surface area contributed by atoms with Gasteiger partial charge in [-0.1, -0.05) is 11.6 Å². The Kier molecular flexibility index (Phi) is 9.10. The fourth-order valence-electron chi connectivity index (χ4n) is 2.73. The van der Waals surface area contributed by atoms with Crippen LogP contribution in [0.1, 0.15) is 27.6 Å². The quantitative estimate of drug-likeness (QED) is 0.342. The molecule has 0 fully saturated rings. The van der Waals surface area contributed by atoms with E-state index in [1.165, 1.54) is 4.88 Å². The molecule has 1 aromatic heterocycles. The van der Waals surface area contributed by atoms with Crippen molar-refractivity contribution in [3.63, 3.8) is 0 Å². The summed E-state index contributed by atoms with van der Waals surface area (Å²) in [5, 5.41) is 8.34. The number of hydrogen-bond acceptors (Lipinski definition) is 5. The number of rotatable bonds is 5. The molecule has 0 spiro atoms. The lowest BCUT2D eigenvalue weighted by atomic mass is 10.2. The molecule has 0 saturated carbocycles. The Morgan fingerprint density at radius 1 is 1.25 bits per heavy atom. The molecule has 2 N–H and O–H groups in total. The zero-order valence-corrected chi connectivity index (χ0v) is 20.2. The summed E-state index contributed by atoms with van der Waals surface area (Å²) in [6.45, 7) is 6.77. The zero-order chi connectivity index (χ0) is 19.2. The van der Waals surface area contributed by atoms with Crippen LogP contribution in [0.4, 0.5) is 0 Å². The van der Waals surface area contributed by atoms with Crippen LogP contribution in [0, 0.1) is 13.8 Å². The summed E-state index contributed by atoms with van der Waals surface area (Å²) in [5.74, 6) is 2.08. The predicted molar refractivity (Wildman–Crippen MR) is 126 cm³/mol. The van der Waals surface area contributed by atoms with Crippen LogP contribution in [0.5, 0.6) is 11.5 Å². The molecular formula is C19H26ClIN4O2S. The fourth-order valence-corrected chi connectivity index (χ4v) is 3.95. The normalized spacial score (nSPS) is 13.5. The second-order valence-electron chi connectivity index (χ2n) is 6.31. The number of aromatic nitrogens is 1. The van der Waals surface area contributed by atoms with Gasteiger partial charge in [0.05, 0.1) is 28.9 Å². The van der Waals surface area contributed by atoms with Crippen molar-refractivity contribution in [1.29, 1.82) is 0 Å². The molecule has 0 aliphatic carbocycles. The van der Waals surface area contributed by atoms with Crippen LogP contribution in [-0.2, 0) is 13.0 Å². The number of hydrogen-bond donors (Lipinski definition) is 2. The summed E-state index contributed by atoms with van der Waals surface area (Å²) in [6, 6.07) is 3.87. The van der Waals surface area contributed by atoms with E-state index in [-0.39, 0.29) is 24.0 Å². The molecule has 2 aromatic rings. The van der Waals surface area contributed by atoms with Gasteiger partial charge in [-0.25, -0.2) is 4.98 Å². The largest absolute Gasteiger partial charge is 0.489 e. The lowest BCUT2D eigenvalue weighted by Gasteiger charge is -2.14. The number of ether oxygens (including phenoxy) is 2. The van der Waals surface area contributed by atoms with Crippen LogP contribution in [0.15, 0.2) is 17.1 Å². The van der Waals surface area contributed by atoms with E-state index in [4.69, 9.17) is 21.1 Å². The van der Waals surface area contributed by atoms with Crippen molar-refractivity contribution in [3.05, 3.63) is 38.3 Å². The highest BCUT2D eigenvalue weighted by atomic mass is 127. The standard InChI is InChI=1S/C19H25ClN4O2S.HI/c1-12-13(2)27-17(24-12)5-6-22-19(21-3)23-11-14-9-15(20)18-16(10-14)25-7-4-8-26-18;/h9-10H,4-8,11H2,1-3H3,(H2,21,22,23);1H. The zero-order valence-electron chi connectivity index (χ0n) is 16.3.